The number of carbonyl (C=O) groups is 1. The second-order valence-electron chi connectivity index (χ2n) is 7.38. The Morgan fingerprint density at radius 2 is 1.79 bits per heavy atom. The molecule has 6 heteroatoms. The molecule has 5 nitrogen and oxygen atoms in total. The number of pyridine rings is 1. The predicted octanol–water partition coefficient (Wildman–Crippen LogP) is 3.92. The molecule has 0 unspecified atom stereocenters. The fraction of sp³-hybridized carbons (Fsp3) is 0.304. The molecule has 3 aromatic rings. The fourth-order valence-electron chi connectivity index (χ4n) is 3.57. The summed E-state index contributed by atoms with van der Waals surface area (Å²) in [6, 6.07) is 17.9. The van der Waals surface area contributed by atoms with Crippen molar-refractivity contribution in [3.8, 4) is 5.88 Å². The van der Waals surface area contributed by atoms with Crippen molar-refractivity contribution in [2.45, 2.75) is 13.5 Å². The Bertz CT molecular complexity index is 999. The molecule has 0 bridgehead atoms. The van der Waals surface area contributed by atoms with Crippen molar-refractivity contribution in [3.05, 3.63) is 70.7 Å². The molecule has 29 heavy (non-hydrogen) atoms. The minimum Gasteiger partial charge on any atom is -0.467 e. The van der Waals surface area contributed by atoms with Crippen LogP contribution in [0.25, 0.3) is 10.9 Å². The summed E-state index contributed by atoms with van der Waals surface area (Å²) in [6.45, 7) is 5.96. The lowest BCUT2D eigenvalue weighted by Gasteiger charge is -2.34. The van der Waals surface area contributed by atoms with Gasteiger partial charge >= 0.3 is 0 Å². The number of para-hydroxylation sites is 1. The molecule has 1 saturated heterocycles. The highest BCUT2D eigenvalue weighted by Gasteiger charge is 2.21. The monoisotopic (exact) mass is 409 g/mol. The summed E-state index contributed by atoms with van der Waals surface area (Å²) >= 11 is 5.95. The molecule has 0 aliphatic carbocycles. The van der Waals surface area contributed by atoms with Crippen LogP contribution in [0.1, 0.15) is 11.1 Å². The Labute approximate surface area is 175 Å². The first-order valence-corrected chi connectivity index (χ1v) is 10.2. The van der Waals surface area contributed by atoms with Crippen LogP contribution in [-0.2, 0) is 11.3 Å². The molecule has 4 rings (SSSR count). The minimum absolute atomic E-state index is 0.00509. The number of nitrogens with zero attached hydrogens (tertiary/aromatic N) is 3. The Morgan fingerprint density at radius 1 is 1.07 bits per heavy atom. The lowest BCUT2D eigenvalue weighted by Crippen LogP contribution is -2.49. The van der Waals surface area contributed by atoms with Crippen molar-refractivity contribution in [2.24, 2.45) is 0 Å². The third-order valence-electron chi connectivity index (χ3n) is 5.24. The highest BCUT2D eigenvalue weighted by atomic mass is 35.5. The maximum Gasteiger partial charge on any atom is 0.260 e. The van der Waals surface area contributed by atoms with Crippen LogP contribution >= 0.6 is 11.6 Å². The molecule has 0 atom stereocenters. The lowest BCUT2D eigenvalue weighted by molar-refractivity contribution is -0.135. The number of benzene rings is 2. The molecule has 1 aliphatic heterocycles. The highest BCUT2D eigenvalue weighted by Crippen LogP contribution is 2.21. The predicted molar refractivity (Wildman–Crippen MR) is 115 cm³/mol. The quantitative estimate of drug-likeness (QED) is 0.640. The van der Waals surface area contributed by atoms with Gasteiger partial charge in [0.1, 0.15) is 0 Å². The molecule has 0 N–H and O–H groups in total. The molecule has 1 aliphatic rings. The molecule has 1 amide bonds. The van der Waals surface area contributed by atoms with E-state index < -0.39 is 0 Å². The van der Waals surface area contributed by atoms with Crippen molar-refractivity contribution >= 4 is 28.4 Å². The van der Waals surface area contributed by atoms with Gasteiger partial charge in [-0.3, -0.25) is 9.69 Å². The van der Waals surface area contributed by atoms with E-state index in [0.717, 1.165) is 41.1 Å². The van der Waals surface area contributed by atoms with Crippen LogP contribution in [0.5, 0.6) is 5.88 Å². The maximum absolute atomic E-state index is 12.6. The van der Waals surface area contributed by atoms with Gasteiger partial charge < -0.3 is 9.64 Å². The highest BCUT2D eigenvalue weighted by molar-refractivity contribution is 6.30. The van der Waals surface area contributed by atoms with Gasteiger partial charge in [0, 0.05) is 48.7 Å². The van der Waals surface area contributed by atoms with Crippen LogP contribution < -0.4 is 4.74 Å². The fourth-order valence-corrected chi connectivity index (χ4v) is 3.70. The van der Waals surface area contributed by atoms with Crippen LogP contribution in [0.15, 0.2) is 54.6 Å². The third-order valence-corrected chi connectivity index (χ3v) is 5.50. The molecule has 150 valence electrons. The van der Waals surface area contributed by atoms with E-state index in [2.05, 4.69) is 9.88 Å². The standard InChI is InChI=1S/C23H24ClN3O2/c1-17-14-19-4-2-3-5-21(19)25-23(17)29-16-22(28)27-12-10-26(11-13-27)15-18-6-8-20(24)9-7-18/h2-9,14H,10-13,15-16H2,1H3. The van der Waals surface area contributed by atoms with Gasteiger partial charge in [0.25, 0.3) is 5.91 Å². The van der Waals surface area contributed by atoms with E-state index in [1.807, 2.05) is 66.4 Å². The number of piperazine rings is 1. The number of amides is 1. The molecule has 2 aromatic carbocycles. The number of fused-ring (bicyclic) bond motifs is 1. The lowest BCUT2D eigenvalue weighted by atomic mass is 10.2. The third kappa shape index (κ3) is 4.86. The zero-order valence-corrected chi connectivity index (χ0v) is 17.2. The Balaban J connectivity index is 1.29. The van der Waals surface area contributed by atoms with Gasteiger partial charge in [-0.15, -0.1) is 0 Å². The number of hydrogen-bond donors (Lipinski definition) is 0. The zero-order chi connectivity index (χ0) is 20.2. The van der Waals surface area contributed by atoms with Crippen molar-refractivity contribution in [1.29, 1.82) is 0 Å². The molecule has 0 saturated carbocycles. The average molecular weight is 410 g/mol. The molecule has 2 heterocycles. The minimum atomic E-state index is 0.00509. The number of carbonyl (C=O) groups excluding carboxylic acids is 1. The second-order valence-corrected chi connectivity index (χ2v) is 7.81. The molecule has 1 fully saturated rings. The Morgan fingerprint density at radius 3 is 2.55 bits per heavy atom. The van der Waals surface area contributed by atoms with Crippen LogP contribution in [0.4, 0.5) is 0 Å². The van der Waals surface area contributed by atoms with E-state index in [0.29, 0.717) is 19.0 Å². The average Bonchev–Trinajstić information content (AvgIpc) is 2.74. The summed E-state index contributed by atoms with van der Waals surface area (Å²) in [7, 11) is 0. The topological polar surface area (TPSA) is 45.7 Å². The van der Waals surface area contributed by atoms with Crippen molar-refractivity contribution < 1.29 is 9.53 Å². The summed E-state index contributed by atoms with van der Waals surface area (Å²) in [5.41, 5.74) is 3.04. The maximum atomic E-state index is 12.6. The van der Waals surface area contributed by atoms with Crippen molar-refractivity contribution in [2.75, 3.05) is 32.8 Å². The van der Waals surface area contributed by atoms with Gasteiger partial charge in [0.15, 0.2) is 6.61 Å². The molecular weight excluding hydrogens is 386 g/mol. The van der Waals surface area contributed by atoms with E-state index in [4.69, 9.17) is 16.3 Å². The second kappa shape index (κ2) is 8.80. The van der Waals surface area contributed by atoms with Crippen LogP contribution in [-0.4, -0.2) is 53.5 Å². The van der Waals surface area contributed by atoms with Gasteiger partial charge in [0.2, 0.25) is 5.88 Å². The molecular formula is C23H24ClN3O2. The van der Waals surface area contributed by atoms with E-state index in [9.17, 15) is 4.79 Å². The van der Waals surface area contributed by atoms with Gasteiger partial charge in [-0.05, 0) is 36.8 Å². The van der Waals surface area contributed by atoms with Crippen LogP contribution in [0.3, 0.4) is 0 Å². The summed E-state index contributed by atoms with van der Waals surface area (Å²) in [5.74, 6) is 0.531. The number of rotatable bonds is 5. The summed E-state index contributed by atoms with van der Waals surface area (Å²) in [5, 5.41) is 1.82. The Hall–Kier alpha value is -2.63. The van der Waals surface area contributed by atoms with E-state index >= 15 is 0 Å². The smallest absolute Gasteiger partial charge is 0.260 e. The summed E-state index contributed by atoms with van der Waals surface area (Å²) in [6.07, 6.45) is 0. The van der Waals surface area contributed by atoms with Gasteiger partial charge in [-0.1, -0.05) is 41.9 Å². The molecule has 0 spiro atoms. The number of halogens is 1. The van der Waals surface area contributed by atoms with Crippen molar-refractivity contribution in [3.63, 3.8) is 0 Å². The first-order valence-electron chi connectivity index (χ1n) is 9.82. The van der Waals surface area contributed by atoms with Crippen molar-refractivity contribution in [1.82, 2.24) is 14.8 Å². The first kappa shape index (κ1) is 19.7. The summed E-state index contributed by atoms with van der Waals surface area (Å²) in [4.78, 5) is 21.4. The number of hydrogen-bond acceptors (Lipinski definition) is 4. The Kier molecular flexibility index (Phi) is 5.97. The largest absolute Gasteiger partial charge is 0.467 e. The molecule has 1 aromatic heterocycles. The number of aromatic nitrogens is 1. The number of ether oxygens (including phenoxy) is 1. The van der Waals surface area contributed by atoms with Gasteiger partial charge in [-0.2, -0.15) is 0 Å². The number of aryl methyl sites for hydroxylation is 1. The SMILES string of the molecule is Cc1cc2ccccc2nc1OCC(=O)N1CCN(Cc2ccc(Cl)cc2)CC1. The van der Waals surface area contributed by atoms with E-state index in [1.54, 1.807) is 0 Å². The molecule has 0 radical (unpaired) electrons. The van der Waals surface area contributed by atoms with E-state index in [1.165, 1.54) is 5.56 Å². The van der Waals surface area contributed by atoms with Crippen LogP contribution in [0, 0.1) is 6.92 Å². The summed E-state index contributed by atoms with van der Waals surface area (Å²) < 4.78 is 5.77. The van der Waals surface area contributed by atoms with Gasteiger partial charge in [-0.25, -0.2) is 4.98 Å². The normalized spacial score (nSPS) is 14.9. The van der Waals surface area contributed by atoms with Crippen LogP contribution in [0.2, 0.25) is 5.02 Å². The van der Waals surface area contributed by atoms with E-state index in [-0.39, 0.29) is 12.5 Å². The first-order chi connectivity index (χ1) is 14.1. The zero-order valence-electron chi connectivity index (χ0n) is 16.5. The van der Waals surface area contributed by atoms with Gasteiger partial charge in [0.05, 0.1) is 5.52 Å².